The second kappa shape index (κ2) is 7.66. The molecule has 100 valence electrons. The van der Waals surface area contributed by atoms with Crippen LogP contribution in [-0.4, -0.2) is 12.6 Å². The highest BCUT2D eigenvalue weighted by atomic mass is 79.9. The Morgan fingerprint density at radius 3 is 2.61 bits per heavy atom. The predicted octanol–water partition coefficient (Wildman–Crippen LogP) is 5.07. The van der Waals surface area contributed by atoms with Crippen molar-refractivity contribution in [2.75, 3.05) is 6.54 Å². The highest BCUT2D eigenvalue weighted by Crippen LogP contribution is 2.23. The largest absolute Gasteiger partial charge is 0.314 e. The summed E-state index contributed by atoms with van der Waals surface area (Å²) in [6, 6.07) is 7.29. The van der Waals surface area contributed by atoms with Gasteiger partial charge in [0.15, 0.2) is 0 Å². The van der Waals surface area contributed by atoms with Gasteiger partial charge in [0.1, 0.15) is 0 Å². The highest BCUT2D eigenvalue weighted by Gasteiger charge is 2.19. The zero-order chi connectivity index (χ0) is 12.8. The SMILES string of the molecule is Brc1ccc(Br)c(CCCCCCNC2CC2)c1. The predicted molar refractivity (Wildman–Crippen MR) is 85.0 cm³/mol. The van der Waals surface area contributed by atoms with Crippen LogP contribution in [0, 0.1) is 0 Å². The maximum atomic E-state index is 3.62. The molecule has 1 fully saturated rings. The van der Waals surface area contributed by atoms with Gasteiger partial charge in [-0.1, -0.05) is 44.7 Å². The van der Waals surface area contributed by atoms with Crippen LogP contribution in [0.1, 0.15) is 44.1 Å². The average Bonchev–Trinajstić information content (AvgIpc) is 3.16. The molecule has 0 heterocycles. The Kier molecular flexibility index (Phi) is 6.19. The highest BCUT2D eigenvalue weighted by molar-refractivity contribution is 9.11. The van der Waals surface area contributed by atoms with Crippen LogP contribution in [0.5, 0.6) is 0 Å². The molecular formula is C15H21Br2N. The van der Waals surface area contributed by atoms with Crippen LogP contribution in [-0.2, 0) is 6.42 Å². The molecule has 0 radical (unpaired) electrons. The number of rotatable bonds is 8. The average molecular weight is 375 g/mol. The standard InChI is InChI=1S/C15H21Br2N/c16-13-6-9-15(17)12(11-13)5-3-1-2-4-10-18-14-7-8-14/h6,9,11,14,18H,1-5,7-8,10H2. The van der Waals surface area contributed by atoms with Crippen molar-refractivity contribution < 1.29 is 0 Å². The molecule has 0 aliphatic heterocycles. The summed E-state index contributed by atoms with van der Waals surface area (Å²) in [6.07, 6.45) is 9.29. The van der Waals surface area contributed by atoms with Crippen LogP contribution >= 0.6 is 31.9 Å². The van der Waals surface area contributed by atoms with Crippen LogP contribution in [0.3, 0.4) is 0 Å². The lowest BCUT2D eigenvalue weighted by Crippen LogP contribution is -2.17. The molecule has 18 heavy (non-hydrogen) atoms. The molecule has 0 spiro atoms. The molecule has 3 heteroatoms. The van der Waals surface area contributed by atoms with Gasteiger partial charge in [-0.25, -0.2) is 0 Å². The van der Waals surface area contributed by atoms with Gasteiger partial charge in [-0.2, -0.15) is 0 Å². The normalized spacial score (nSPS) is 15.0. The Labute approximate surface area is 127 Å². The van der Waals surface area contributed by atoms with E-state index in [2.05, 4.69) is 55.4 Å². The van der Waals surface area contributed by atoms with Crippen molar-refractivity contribution in [2.24, 2.45) is 0 Å². The summed E-state index contributed by atoms with van der Waals surface area (Å²) in [5, 5.41) is 3.57. The Balaban J connectivity index is 1.55. The fraction of sp³-hybridized carbons (Fsp3) is 0.600. The van der Waals surface area contributed by atoms with Gasteiger partial charge < -0.3 is 5.32 Å². The van der Waals surface area contributed by atoms with Crippen LogP contribution < -0.4 is 5.32 Å². The van der Waals surface area contributed by atoms with Crippen LogP contribution in [0.25, 0.3) is 0 Å². The number of benzene rings is 1. The number of hydrogen-bond donors (Lipinski definition) is 1. The van der Waals surface area contributed by atoms with Crippen LogP contribution in [0.4, 0.5) is 0 Å². The minimum Gasteiger partial charge on any atom is -0.314 e. The lowest BCUT2D eigenvalue weighted by molar-refractivity contribution is 0.585. The Hall–Kier alpha value is 0.140. The van der Waals surface area contributed by atoms with E-state index in [1.165, 1.54) is 66.0 Å². The Bertz CT molecular complexity index is 375. The lowest BCUT2D eigenvalue weighted by atomic mass is 10.1. The Morgan fingerprint density at radius 2 is 1.83 bits per heavy atom. The molecule has 1 aliphatic carbocycles. The summed E-state index contributed by atoms with van der Waals surface area (Å²) in [6.45, 7) is 1.21. The van der Waals surface area contributed by atoms with Gasteiger partial charge in [-0.3, -0.25) is 0 Å². The van der Waals surface area contributed by atoms with Crippen LogP contribution in [0.2, 0.25) is 0 Å². The molecule has 0 aromatic heterocycles. The van der Waals surface area contributed by atoms with E-state index in [1.54, 1.807) is 0 Å². The zero-order valence-electron chi connectivity index (χ0n) is 10.7. The number of aryl methyl sites for hydroxylation is 1. The summed E-state index contributed by atoms with van der Waals surface area (Å²) >= 11 is 7.15. The molecule has 0 unspecified atom stereocenters. The molecule has 0 amide bonds. The Morgan fingerprint density at radius 1 is 1.06 bits per heavy atom. The number of hydrogen-bond acceptors (Lipinski definition) is 1. The third-order valence-electron chi connectivity index (χ3n) is 3.39. The van der Waals surface area contributed by atoms with Gasteiger partial charge in [0.2, 0.25) is 0 Å². The van der Waals surface area contributed by atoms with E-state index < -0.39 is 0 Å². The minimum absolute atomic E-state index is 0.864. The smallest absolute Gasteiger partial charge is 0.0208 e. The van der Waals surface area contributed by atoms with Gasteiger partial charge in [0.25, 0.3) is 0 Å². The third-order valence-corrected chi connectivity index (χ3v) is 4.66. The number of halogens is 2. The molecule has 0 atom stereocenters. The molecule has 2 rings (SSSR count). The number of unbranched alkanes of at least 4 members (excludes halogenated alkanes) is 3. The van der Waals surface area contributed by atoms with E-state index in [-0.39, 0.29) is 0 Å². The van der Waals surface area contributed by atoms with Crippen molar-refractivity contribution in [2.45, 2.75) is 51.0 Å². The summed E-state index contributed by atoms with van der Waals surface area (Å²) in [7, 11) is 0. The second-order valence-electron chi connectivity index (χ2n) is 5.13. The maximum absolute atomic E-state index is 3.62. The number of nitrogens with one attached hydrogen (secondary N) is 1. The van der Waals surface area contributed by atoms with E-state index in [9.17, 15) is 0 Å². The van der Waals surface area contributed by atoms with Crippen molar-refractivity contribution in [1.82, 2.24) is 5.32 Å². The monoisotopic (exact) mass is 373 g/mol. The fourth-order valence-corrected chi connectivity index (χ4v) is 2.98. The maximum Gasteiger partial charge on any atom is 0.0208 e. The van der Waals surface area contributed by atoms with E-state index in [1.807, 2.05) is 0 Å². The van der Waals surface area contributed by atoms with Gasteiger partial charge >= 0.3 is 0 Å². The molecular weight excluding hydrogens is 354 g/mol. The van der Waals surface area contributed by atoms with Crippen molar-refractivity contribution in [3.63, 3.8) is 0 Å². The molecule has 1 nitrogen and oxygen atoms in total. The van der Waals surface area contributed by atoms with Gasteiger partial charge in [-0.15, -0.1) is 0 Å². The first-order chi connectivity index (χ1) is 8.75. The van der Waals surface area contributed by atoms with Crippen molar-refractivity contribution in [1.29, 1.82) is 0 Å². The van der Waals surface area contributed by atoms with Gasteiger partial charge in [0, 0.05) is 15.0 Å². The molecule has 1 aliphatic rings. The molecule has 1 aromatic carbocycles. The molecule has 1 aromatic rings. The summed E-state index contributed by atoms with van der Waals surface area (Å²) < 4.78 is 2.41. The molecule has 0 bridgehead atoms. The molecule has 0 saturated heterocycles. The van der Waals surface area contributed by atoms with Crippen molar-refractivity contribution in [3.05, 3.63) is 32.7 Å². The van der Waals surface area contributed by atoms with Gasteiger partial charge in [-0.05, 0) is 62.4 Å². The van der Waals surface area contributed by atoms with Crippen LogP contribution in [0.15, 0.2) is 27.1 Å². The first-order valence-corrected chi connectivity index (χ1v) is 8.51. The summed E-state index contributed by atoms with van der Waals surface area (Å²) in [5.41, 5.74) is 1.42. The van der Waals surface area contributed by atoms with E-state index in [0.29, 0.717) is 0 Å². The van der Waals surface area contributed by atoms with Crippen molar-refractivity contribution in [3.8, 4) is 0 Å². The van der Waals surface area contributed by atoms with Gasteiger partial charge in [0.05, 0.1) is 0 Å². The van der Waals surface area contributed by atoms with Crippen molar-refractivity contribution >= 4 is 31.9 Å². The fourth-order valence-electron chi connectivity index (χ4n) is 2.12. The minimum atomic E-state index is 0.864. The van der Waals surface area contributed by atoms with E-state index in [0.717, 1.165) is 6.04 Å². The second-order valence-corrected chi connectivity index (χ2v) is 6.90. The third kappa shape index (κ3) is 5.41. The summed E-state index contributed by atoms with van der Waals surface area (Å²) in [4.78, 5) is 0. The topological polar surface area (TPSA) is 12.0 Å². The van der Waals surface area contributed by atoms with E-state index in [4.69, 9.17) is 0 Å². The first kappa shape index (κ1) is 14.5. The van der Waals surface area contributed by atoms with E-state index >= 15 is 0 Å². The first-order valence-electron chi connectivity index (χ1n) is 6.93. The molecule has 1 N–H and O–H groups in total. The summed E-state index contributed by atoms with van der Waals surface area (Å²) in [5.74, 6) is 0. The molecule has 1 saturated carbocycles. The lowest BCUT2D eigenvalue weighted by Gasteiger charge is -2.06. The zero-order valence-corrected chi connectivity index (χ0v) is 13.9. The quantitative estimate of drug-likeness (QED) is 0.626.